The standard InChI is InChI=1S/C12H14N2O2/c1-13-7-6-9-8-14-12(16-9)10-4-2-3-5-11(10)15/h2-5,8,13,15H,6-7H2,1H3. The molecule has 0 unspecified atom stereocenters. The van der Waals surface area contributed by atoms with Crippen LogP contribution in [0.3, 0.4) is 0 Å². The number of rotatable bonds is 4. The van der Waals surface area contributed by atoms with Gasteiger partial charge in [-0.15, -0.1) is 0 Å². The van der Waals surface area contributed by atoms with E-state index in [0.29, 0.717) is 11.5 Å². The number of nitrogens with zero attached hydrogens (tertiary/aromatic N) is 1. The van der Waals surface area contributed by atoms with Gasteiger partial charge in [0.25, 0.3) is 0 Å². The summed E-state index contributed by atoms with van der Waals surface area (Å²) in [5, 5.41) is 12.7. The normalized spacial score (nSPS) is 10.6. The number of aromatic hydroxyl groups is 1. The van der Waals surface area contributed by atoms with Crippen molar-refractivity contribution in [1.29, 1.82) is 0 Å². The van der Waals surface area contributed by atoms with E-state index in [1.165, 1.54) is 0 Å². The molecule has 0 bridgehead atoms. The van der Waals surface area contributed by atoms with Gasteiger partial charge in [-0.1, -0.05) is 12.1 Å². The van der Waals surface area contributed by atoms with E-state index < -0.39 is 0 Å². The lowest BCUT2D eigenvalue weighted by Crippen LogP contribution is -2.09. The summed E-state index contributed by atoms with van der Waals surface area (Å²) in [6.45, 7) is 0.843. The monoisotopic (exact) mass is 218 g/mol. The van der Waals surface area contributed by atoms with Gasteiger partial charge in [0.15, 0.2) is 0 Å². The Morgan fingerprint density at radius 3 is 2.94 bits per heavy atom. The van der Waals surface area contributed by atoms with Gasteiger partial charge in [0.2, 0.25) is 5.89 Å². The van der Waals surface area contributed by atoms with Crippen LogP contribution in [0.15, 0.2) is 34.9 Å². The molecule has 0 atom stereocenters. The molecular weight excluding hydrogens is 204 g/mol. The van der Waals surface area contributed by atoms with Crippen LogP contribution in [0.5, 0.6) is 5.75 Å². The van der Waals surface area contributed by atoms with Crippen molar-refractivity contribution < 1.29 is 9.52 Å². The number of benzene rings is 1. The van der Waals surface area contributed by atoms with Crippen LogP contribution in [0, 0.1) is 0 Å². The average Bonchev–Trinajstić information content (AvgIpc) is 2.75. The predicted molar refractivity (Wildman–Crippen MR) is 61.2 cm³/mol. The van der Waals surface area contributed by atoms with Gasteiger partial charge in [-0.2, -0.15) is 0 Å². The quantitative estimate of drug-likeness (QED) is 0.821. The maximum absolute atomic E-state index is 9.64. The Labute approximate surface area is 93.9 Å². The Kier molecular flexibility index (Phi) is 3.22. The number of likely N-dealkylation sites (N-methyl/N-ethyl adjacent to an activating group) is 1. The van der Waals surface area contributed by atoms with Gasteiger partial charge in [0.1, 0.15) is 11.5 Å². The van der Waals surface area contributed by atoms with E-state index in [4.69, 9.17) is 4.42 Å². The minimum Gasteiger partial charge on any atom is -0.507 e. The van der Waals surface area contributed by atoms with Gasteiger partial charge in [0, 0.05) is 13.0 Å². The van der Waals surface area contributed by atoms with E-state index >= 15 is 0 Å². The SMILES string of the molecule is CNCCc1cnc(-c2ccccc2O)o1. The molecule has 16 heavy (non-hydrogen) atoms. The van der Waals surface area contributed by atoms with Crippen LogP contribution < -0.4 is 5.32 Å². The molecule has 84 valence electrons. The fourth-order valence-electron chi connectivity index (χ4n) is 1.45. The number of aromatic nitrogens is 1. The molecular formula is C12H14N2O2. The Morgan fingerprint density at radius 1 is 1.38 bits per heavy atom. The molecule has 1 aromatic heterocycles. The number of phenols is 1. The summed E-state index contributed by atoms with van der Waals surface area (Å²) in [5.74, 6) is 1.46. The van der Waals surface area contributed by atoms with Gasteiger partial charge < -0.3 is 14.8 Å². The second-order valence-corrected chi connectivity index (χ2v) is 3.50. The van der Waals surface area contributed by atoms with Crippen molar-refractivity contribution in [3.8, 4) is 17.2 Å². The zero-order valence-electron chi connectivity index (χ0n) is 9.10. The van der Waals surface area contributed by atoms with E-state index in [1.54, 1.807) is 24.4 Å². The lowest BCUT2D eigenvalue weighted by molar-refractivity contribution is 0.469. The summed E-state index contributed by atoms with van der Waals surface area (Å²) in [6.07, 6.45) is 2.48. The van der Waals surface area contributed by atoms with E-state index in [0.717, 1.165) is 18.7 Å². The molecule has 0 aliphatic carbocycles. The highest BCUT2D eigenvalue weighted by atomic mass is 16.4. The van der Waals surface area contributed by atoms with E-state index in [1.807, 2.05) is 13.1 Å². The van der Waals surface area contributed by atoms with Crippen LogP contribution in [-0.4, -0.2) is 23.7 Å². The maximum atomic E-state index is 9.64. The molecule has 4 nitrogen and oxygen atoms in total. The van der Waals surface area contributed by atoms with Crippen LogP contribution in [0.25, 0.3) is 11.5 Å². The molecule has 1 heterocycles. The first-order valence-electron chi connectivity index (χ1n) is 5.19. The summed E-state index contributed by atoms with van der Waals surface area (Å²) in [7, 11) is 1.89. The average molecular weight is 218 g/mol. The van der Waals surface area contributed by atoms with Crippen LogP contribution >= 0.6 is 0 Å². The fourth-order valence-corrected chi connectivity index (χ4v) is 1.45. The predicted octanol–water partition coefficient (Wildman–Crippen LogP) is 1.81. The molecule has 0 saturated carbocycles. The molecule has 2 aromatic rings. The molecule has 2 rings (SSSR count). The Balaban J connectivity index is 2.22. The molecule has 0 saturated heterocycles. The van der Waals surface area contributed by atoms with Gasteiger partial charge in [0.05, 0.1) is 11.8 Å². The van der Waals surface area contributed by atoms with Gasteiger partial charge in [-0.25, -0.2) is 4.98 Å². The number of para-hydroxylation sites is 1. The summed E-state index contributed by atoms with van der Waals surface area (Å²) in [6, 6.07) is 7.01. The highest BCUT2D eigenvalue weighted by molar-refractivity contribution is 5.61. The smallest absolute Gasteiger partial charge is 0.229 e. The second kappa shape index (κ2) is 4.81. The summed E-state index contributed by atoms with van der Waals surface area (Å²) in [5.41, 5.74) is 0.623. The third kappa shape index (κ3) is 2.23. The van der Waals surface area contributed by atoms with E-state index in [-0.39, 0.29) is 5.75 Å². The lowest BCUT2D eigenvalue weighted by Gasteiger charge is -1.98. The van der Waals surface area contributed by atoms with Crippen molar-refractivity contribution in [3.05, 3.63) is 36.2 Å². The molecule has 0 spiro atoms. The lowest BCUT2D eigenvalue weighted by atomic mass is 10.2. The largest absolute Gasteiger partial charge is 0.507 e. The number of oxazole rings is 1. The number of phenolic OH excluding ortho intramolecular Hbond substituents is 1. The third-order valence-electron chi connectivity index (χ3n) is 2.31. The summed E-state index contributed by atoms with van der Waals surface area (Å²) < 4.78 is 5.54. The second-order valence-electron chi connectivity index (χ2n) is 3.50. The molecule has 0 fully saturated rings. The minimum atomic E-state index is 0.185. The molecule has 0 aliphatic rings. The summed E-state index contributed by atoms with van der Waals surface area (Å²) in [4.78, 5) is 4.15. The molecule has 1 aromatic carbocycles. The third-order valence-corrected chi connectivity index (χ3v) is 2.31. The van der Waals surface area contributed by atoms with Crippen molar-refractivity contribution in [2.24, 2.45) is 0 Å². The van der Waals surface area contributed by atoms with Crippen molar-refractivity contribution in [2.45, 2.75) is 6.42 Å². The highest BCUT2D eigenvalue weighted by Gasteiger charge is 2.09. The Morgan fingerprint density at radius 2 is 2.19 bits per heavy atom. The fraction of sp³-hybridized carbons (Fsp3) is 0.250. The molecule has 0 radical (unpaired) electrons. The van der Waals surface area contributed by atoms with Crippen molar-refractivity contribution in [3.63, 3.8) is 0 Å². The zero-order chi connectivity index (χ0) is 11.4. The number of nitrogens with one attached hydrogen (secondary N) is 1. The Hall–Kier alpha value is -1.81. The van der Waals surface area contributed by atoms with Gasteiger partial charge in [-0.05, 0) is 19.2 Å². The minimum absolute atomic E-state index is 0.185. The maximum Gasteiger partial charge on any atom is 0.229 e. The number of hydrogen-bond acceptors (Lipinski definition) is 4. The van der Waals surface area contributed by atoms with Crippen molar-refractivity contribution in [2.75, 3.05) is 13.6 Å². The molecule has 4 heteroatoms. The Bertz CT molecular complexity index is 466. The van der Waals surface area contributed by atoms with Crippen LogP contribution in [-0.2, 0) is 6.42 Å². The van der Waals surface area contributed by atoms with Gasteiger partial charge in [-0.3, -0.25) is 0 Å². The zero-order valence-corrected chi connectivity index (χ0v) is 9.10. The van der Waals surface area contributed by atoms with Crippen molar-refractivity contribution in [1.82, 2.24) is 10.3 Å². The summed E-state index contributed by atoms with van der Waals surface area (Å²) >= 11 is 0. The van der Waals surface area contributed by atoms with Crippen LogP contribution in [0.2, 0.25) is 0 Å². The van der Waals surface area contributed by atoms with Crippen molar-refractivity contribution >= 4 is 0 Å². The van der Waals surface area contributed by atoms with Crippen LogP contribution in [0.4, 0.5) is 0 Å². The van der Waals surface area contributed by atoms with Gasteiger partial charge >= 0.3 is 0 Å². The first kappa shape index (κ1) is 10.7. The highest BCUT2D eigenvalue weighted by Crippen LogP contribution is 2.27. The molecule has 0 amide bonds. The first-order valence-corrected chi connectivity index (χ1v) is 5.19. The number of hydrogen-bond donors (Lipinski definition) is 2. The molecule has 2 N–H and O–H groups in total. The first-order chi connectivity index (χ1) is 7.81. The molecule has 0 aliphatic heterocycles. The van der Waals surface area contributed by atoms with E-state index in [2.05, 4.69) is 10.3 Å². The topological polar surface area (TPSA) is 58.3 Å². The van der Waals surface area contributed by atoms with E-state index in [9.17, 15) is 5.11 Å². The van der Waals surface area contributed by atoms with Crippen LogP contribution in [0.1, 0.15) is 5.76 Å².